The second-order valence-corrected chi connectivity index (χ2v) is 4.46. The van der Waals surface area contributed by atoms with Crippen molar-refractivity contribution in [3.8, 4) is 11.5 Å². The van der Waals surface area contributed by atoms with E-state index in [1.54, 1.807) is 18.1 Å². The summed E-state index contributed by atoms with van der Waals surface area (Å²) in [5.74, 6) is 0.886. The number of benzene rings is 1. The van der Waals surface area contributed by atoms with Crippen LogP contribution in [0, 0.1) is 0 Å². The molecular formula is C13H20NO2+. The first kappa shape index (κ1) is 11.3. The van der Waals surface area contributed by atoms with Gasteiger partial charge in [-0.2, -0.15) is 0 Å². The lowest BCUT2D eigenvalue weighted by molar-refractivity contribution is -0.918. The van der Waals surface area contributed by atoms with Crippen molar-refractivity contribution in [3.63, 3.8) is 0 Å². The van der Waals surface area contributed by atoms with Crippen molar-refractivity contribution in [1.29, 1.82) is 0 Å². The zero-order valence-electron chi connectivity index (χ0n) is 9.83. The fraction of sp³-hybridized carbons (Fsp3) is 0.538. The van der Waals surface area contributed by atoms with Crippen LogP contribution >= 0.6 is 0 Å². The first-order valence-corrected chi connectivity index (χ1v) is 5.99. The van der Waals surface area contributed by atoms with Gasteiger partial charge in [0, 0.05) is 0 Å². The van der Waals surface area contributed by atoms with Gasteiger partial charge in [0.05, 0.1) is 25.8 Å². The van der Waals surface area contributed by atoms with Crippen molar-refractivity contribution in [2.45, 2.75) is 25.8 Å². The molecule has 16 heavy (non-hydrogen) atoms. The number of nitrogens with one attached hydrogen (secondary N) is 1. The predicted octanol–water partition coefficient (Wildman–Crippen LogP) is 0.970. The molecule has 0 amide bonds. The number of phenolic OH excluding ortho intramolecular Hbond substituents is 1. The Labute approximate surface area is 96.6 Å². The molecular weight excluding hydrogens is 202 g/mol. The van der Waals surface area contributed by atoms with Crippen molar-refractivity contribution in [1.82, 2.24) is 0 Å². The maximum absolute atomic E-state index is 9.98. The van der Waals surface area contributed by atoms with Gasteiger partial charge in [0.2, 0.25) is 0 Å². The van der Waals surface area contributed by atoms with Gasteiger partial charge in [0.1, 0.15) is 6.54 Å². The molecule has 0 radical (unpaired) electrons. The van der Waals surface area contributed by atoms with E-state index >= 15 is 0 Å². The summed E-state index contributed by atoms with van der Waals surface area (Å²) in [5, 5.41) is 9.98. The van der Waals surface area contributed by atoms with Gasteiger partial charge in [0.15, 0.2) is 11.5 Å². The molecule has 2 rings (SSSR count). The van der Waals surface area contributed by atoms with Gasteiger partial charge < -0.3 is 14.7 Å². The van der Waals surface area contributed by atoms with Crippen molar-refractivity contribution < 1.29 is 14.7 Å². The predicted molar refractivity (Wildman–Crippen MR) is 62.9 cm³/mol. The number of para-hydroxylation sites is 1. The Kier molecular flexibility index (Phi) is 3.67. The number of likely N-dealkylation sites (tertiary alicyclic amines) is 1. The van der Waals surface area contributed by atoms with E-state index in [-0.39, 0.29) is 0 Å². The van der Waals surface area contributed by atoms with E-state index in [2.05, 4.69) is 0 Å². The fourth-order valence-corrected chi connectivity index (χ4v) is 2.37. The summed E-state index contributed by atoms with van der Waals surface area (Å²) in [6.45, 7) is 3.34. The van der Waals surface area contributed by atoms with Crippen LogP contribution in [0.3, 0.4) is 0 Å². The normalized spacial score (nSPS) is 17.3. The molecule has 0 bridgehead atoms. The number of hydrogen-bond acceptors (Lipinski definition) is 2. The Morgan fingerprint density at radius 3 is 2.69 bits per heavy atom. The third kappa shape index (κ3) is 2.47. The zero-order chi connectivity index (χ0) is 11.4. The number of rotatable bonds is 3. The van der Waals surface area contributed by atoms with Crippen molar-refractivity contribution in [2.75, 3.05) is 20.2 Å². The molecule has 2 N–H and O–H groups in total. The summed E-state index contributed by atoms with van der Waals surface area (Å²) in [7, 11) is 1.59. The van der Waals surface area contributed by atoms with Crippen LogP contribution in [-0.2, 0) is 6.54 Å². The van der Waals surface area contributed by atoms with Crippen molar-refractivity contribution in [2.24, 2.45) is 0 Å². The van der Waals surface area contributed by atoms with Gasteiger partial charge in [-0.25, -0.2) is 0 Å². The SMILES string of the molecule is COc1cccc(C[NH+]2CCCCC2)c1O. The summed E-state index contributed by atoms with van der Waals surface area (Å²) >= 11 is 0. The lowest BCUT2D eigenvalue weighted by Crippen LogP contribution is -3.11. The summed E-state index contributed by atoms with van der Waals surface area (Å²) in [4.78, 5) is 1.56. The number of quaternary nitrogens is 1. The van der Waals surface area contributed by atoms with E-state index in [9.17, 15) is 5.11 Å². The van der Waals surface area contributed by atoms with Gasteiger partial charge >= 0.3 is 0 Å². The lowest BCUT2D eigenvalue weighted by atomic mass is 10.1. The van der Waals surface area contributed by atoms with E-state index in [1.165, 1.54) is 32.4 Å². The molecule has 0 saturated carbocycles. The molecule has 1 aromatic carbocycles. The maximum Gasteiger partial charge on any atom is 0.166 e. The molecule has 1 aromatic rings. The highest BCUT2D eigenvalue weighted by Gasteiger charge is 2.17. The van der Waals surface area contributed by atoms with Gasteiger partial charge in [-0.1, -0.05) is 6.07 Å². The monoisotopic (exact) mass is 222 g/mol. The number of hydrogen-bond donors (Lipinski definition) is 2. The maximum atomic E-state index is 9.98. The quantitative estimate of drug-likeness (QED) is 0.799. The molecule has 3 nitrogen and oxygen atoms in total. The van der Waals surface area contributed by atoms with E-state index in [0.29, 0.717) is 11.5 Å². The fourth-order valence-electron chi connectivity index (χ4n) is 2.37. The van der Waals surface area contributed by atoms with Crippen LogP contribution in [0.5, 0.6) is 11.5 Å². The second kappa shape index (κ2) is 5.21. The van der Waals surface area contributed by atoms with Crippen LogP contribution < -0.4 is 9.64 Å². The van der Waals surface area contributed by atoms with E-state index in [0.717, 1.165) is 12.1 Å². The molecule has 88 valence electrons. The molecule has 1 fully saturated rings. The van der Waals surface area contributed by atoms with E-state index in [1.807, 2.05) is 12.1 Å². The molecule has 0 unspecified atom stereocenters. The third-order valence-electron chi connectivity index (χ3n) is 3.30. The zero-order valence-corrected chi connectivity index (χ0v) is 9.83. The average molecular weight is 222 g/mol. The smallest absolute Gasteiger partial charge is 0.166 e. The molecule has 1 heterocycles. The molecule has 0 atom stereocenters. The standard InChI is InChI=1S/C13H19NO2/c1-16-12-7-5-6-11(13(12)15)10-14-8-3-2-4-9-14/h5-7,15H,2-4,8-10H2,1H3/p+1. The van der Waals surface area contributed by atoms with E-state index < -0.39 is 0 Å². The van der Waals surface area contributed by atoms with Crippen LogP contribution in [0.15, 0.2) is 18.2 Å². The molecule has 0 spiro atoms. The minimum absolute atomic E-state index is 0.308. The number of phenols is 1. The first-order chi connectivity index (χ1) is 7.81. The van der Waals surface area contributed by atoms with Gasteiger partial charge in [0.25, 0.3) is 0 Å². The van der Waals surface area contributed by atoms with Gasteiger partial charge in [-0.05, 0) is 31.4 Å². The number of aromatic hydroxyl groups is 1. The summed E-state index contributed by atoms with van der Waals surface area (Å²) < 4.78 is 5.12. The van der Waals surface area contributed by atoms with Crippen LogP contribution in [0.4, 0.5) is 0 Å². The largest absolute Gasteiger partial charge is 0.504 e. The third-order valence-corrected chi connectivity index (χ3v) is 3.30. The minimum Gasteiger partial charge on any atom is -0.504 e. The number of ether oxygens (including phenoxy) is 1. The molecule has 1 saturated heterocycles. The van der Waals surface area contributed by atoms with Crippen LogP contribution in [0.2, 0.25) is 0 Å². The topological polar surface area (TPSA) is 33.9 Å². The highest BCUT2D eigenvalue weighted by molar-refractivity contribution is 5.44. The molecule has 0 aliphatic carbocycles. The summed E-state index contributed by atoms with van der Waals surface area (Å²) in [6, 6.07) is 5.72. The Morgan fingerprint density at radius 2 is 2.00 bits per heavy atom. The Bertz CT molecular complexity index is 346. The first-order valence-electron chi connectivity index (χ1n) is 5.99. The second-order valence-electron chi connectivity index (χ2n) is 4.46. The molecule has 1 aliphatic rings. The number of methoxy groups -OCH3 is 1. The Balaban J connectivity index is 2.08. The molecule has 0 aromatic heterocycles. The molecule has 1 aliphatic heterocycles. The lowest BCUT2D eigenvalue weighted by Gasteiger charge is -2.24. The van der Waals surface area contributed by atoms with Crippen molar-refractivity contribution >= 4 is 0 Å². The van der Waals surface area contributed by atoms with Crippen LogP contribution in [0.25, 0.3) is 0 Å². The highest BCUT2D eigenvalue weighted by atomic mass is 16.5. The van der Waals surface area contributed by atoms with Gasteiger partial charge in [-0.15, -0.1) is 0 Å². The molecule has 3 heteroatoms. The Hall–Kier alpha value is -1.22. The van der Waals surface area contributed by atoms with Gasteiger partial charge in [-0.3, -0.25) is 0 Å². The van der Waals surface area contributed by atoms with Crippen LogP contribution in [0.1, 0.15) is 24.8 Å². The Morgan fingerprint density at radius 1 is 1.25 bits per heavy atom. The van der Waals surface area contributed by atoms with E-state index in [4.69, 9.17) is 4.74 Å². The minimum atomic E-state index is 0.308. The highest BCUT2D eigenvalue weighted by Crippen LogP contribution is 2.28. The summed E-state index contributed by atoms with van der Waals surface area (Å²) in [5.41, 5.74) is 0.997. The number of piperidine rings is 1. The van der Waals surface area contributed by atoms with Crippen molar-refractivity contribution in [3.05, 3.63) is 23.8 Å². The van der Waals surface area contributed by atoms with Crippen LogP contribution in [-0.4, -0.2) is 25.3 Å². The average Bonchev–Trinajstić information content (AvgIpc) is 2.33. The summed E-state index contributed by atoms with van der Waals surface area (Å²) in [6.07, 6.45) is 3.97.